The van der Waals surface area contributed by atoms with Gasteiger partial charge in [-0.1, -0.05) is 0 Å². The van der Waals surface area contributed by atoms with Gasteiger partial charge in [-0.05, 0) is 6.07 Å². The van der Waals surface area contributed by atoms with E-state index < -0.39 is 45.1 Å². The number of nitro groups is 1. The van der Waals surface area contributed by atoms with Gasteiger partial charge in [0.15, 0.2) is 12.1 Å². The van der Waals surface area contributed by atoms with Gasteiger partial charge in [-0.2, -0.15) is 13.2 Å². The molecule has 1 aromatic carbocycles. The highest BCUT2D eigenvalue weighted by Gasteiger charge is 2.35. The molecule has 0 radical (unpaired) electrons. The highest BCUT2D eigenvalue weighted by atomic mass is 35.5. The van der Waals surface area contributed by atoms with Gasteiger partial charge in [0, 0.05) is 11.6 Å². The van der Waals surface area contributed by atoms with Crippen LogP contribution in [-0.4, -0.2) is 22.9 Å². The number of hydrogen-bond donors (Lipinski definition) is 0. The van der Waals surface area contributed by atoms with Gasteiger partial charge in [0.2, 0.25) is 0 Å². The maximum absolute atomic E-state index is 12.5. The number of rotatable bonds is 4. The summed E-state index contributed by atoms with van der Waals surface area (Å²) in [7, 11) is 0. The number of alkyl halides is 4. The van der Waals surface area contributed by atoms with Crippen LogP contribution in [0.15, 0.2) is 12.1 Å². The number of halogens is 4. The van der Waals surface area contributed by atoms with Crippen LogP contribution in [0, 0.1) is 10.1 Å². The average molecular weight is 296 g/mol. The molecule has 19 heavy (non-hydrogen) atoms. The summed E-state index contributed by atoms with van der Waals surface area (Å²) in [5.41, 5.74) is -3.91. The van der Waals surface area contributed by atoms with Gasteiger partial charge in [-0.25, -0.2) is 0 Å². The monoisotopic (exact) mass is 295 g/mol. The Balaban J connectivity index is 3.68. The zero-order chi connectivity index (χ0) is 14.8. The van der Waals surface area contributed by atoms with Crippen LogP contribution in [0.3, 0.4) is 0 Å². The van der Waals surface area contributed by atoms with Gasteiger partial charge < -0.3 is 0 Å². The van der Waals surface area contributed by atoms with Crippen molar-refractivity contribution in [1.82, 2.24) is 0 Å². The molecule has 0 saturated carbocycles. The summed E-state index contributed by atoms with van der Waals surface area (Å²) in [6, 6.07) is 0.576. The predicted octanol–water partition coefficient (Wildman–Crippen LogP) is 2.85. The van der Waals surface area contributed by atoms with E-state index in [1.807, 2.05) is 0 Å². The Labute approximate surface area is 109 Å². The number of carbonyl (C=O) groups is 2. The van der Waals surface area contributed by atoms with Gasteiger partial charge in [0.1, 0.15) is 5.56 Å². The van der Waals surface area contributed by atoms with Gasteiger partial charge in [-0.15, -0.1) is 11.6 Å². The van der Waals surface area contributed by atoms with E-state index in [0.717, 1.165) is 0 Å². The summed E-state index contributed by atoms with van der Waals surface area (Å²) < 4.78 is 37.5. The van der Waals surface area contributed by atoms with Crippen LogP contribution >= 0.6 is 11.6 Å². The van der Waals surface area contributed by atoms with Crippen LogP contribution in [0.5, 0.6) is 0 Å². The van der Waals surface area contributed by atoms with Gasteiger partial charge in [0.25, 0.3) is 5.69 Å². The summed E-state index contributed by atoms with van der Waals surface area (Å²) >= 11 is 5.21. The zero-order valence-corrected chi connectivity index (χ0v) is 9.79. The molecule has 0 atom stereocenters. The quantitative estimate of drug-likeness (QED) is 0.281. The molecular formula is C10H5ClF3NO4. The highest BCUT2D eigenvalue weighted by Crippen LogP contribution is 2.34. The van der Waals surface area contributed by atoms with Crippen molar-refractivity contribution in [3.8, 4) is 0 Å². The smallest absolute Gasteiger partial charge is 0.298 e. The third-order valence-corrected chi connectivity index (χ3v) is 2.44. The molecule has 0 aliphatic rings. The molecule has 0 aromatic heterocycles. The first-order valence-electron chi connectivity index (χ1n) is 4.66. The molecule has 0 fully saturated rings. The molecule has 0 amide bonds. The Hall–Kier alpha value is -1.96. The molecule has 5 nitrogen and oxygen atoms in total. The molecule has 0 spiro atoms. The van der Waals surface area contributed by atoms with Crippen molar-refractivity contribution in [2.45, 2.75) is 6.18 Å². The third-order valence-electron chi connectivity index (χ3n) is 2.20. The van der Waals surface area contributed by atoms with Crippen molar-refractivity contribution in [2.24, 2.45) is 0 Å². The van der Waals surface area contributed by atoms with Crippen molar-refractivity contribution in [3.05, 3.63) is 38.9 Å². The summed E-state index contributed by atoms with van der Waals surface area (Å²) in [6.45, 7) is 0. The molecule has 1 aromatic rings. The first-order chi connectivity index (χ1) is 8.72. The van der Waals surface area contributed by atoms with Crippen LogP contribution in [-0.2, 0) is 6.18 Å². The number of hydrogen-bond acceptors (Lipinski definition) is 4. The second-order valence-corrected chi connectivity index (χ2v) is 3.66. The Bertz CT molecular complexity index is 556. The van der Waals surface area contributed by atoms with Gasteiger partial charge in [-0.3, -0.25) is 19.7 Å². The molecule has 0 unspecified atom stereocenters. The molecule has 102 valence electrons. The lowest BCUT2D eigenvalue weighted by Crippen LogP contribution is -2.13. The van der Waals surface area contributed by atoms with Crippen LogP contribution in [0.25, 0.3) is 0 Å². The summed E-state index contributed by atoms with van der Waals surface area (Å²) in [6.07, 6.45) is -4.92. The molecule has 0 bridgehead atoms. The third kappa shape index (κ3) is 3.08. The van der Waals surface area contributed by atoms with E-state index in [9.17, 15) is 32.9 Å². The Kier molecular flexibility index (Phi) is 4.25. The Morgan fingerprint density at radius 3 is 2.37 bits per heavy atom. The number of aldehydes is 1. The number of ketones is 1. The van der Waals surface area contributed by atoms with Crippen LogP contribution in [0.2, 0.25) is 0 Å². The van der Waals surface area contributed by atoms with Crippen LogP contribution < -0.4 is 0 Å². The summed E-state index contributed by atoms with van der Waals surface area (Å²) in [5, 5.41) is 10.7. The predicted molar refractivity (Wildman–Crippen MR) is 58.5 cm³/mol. The standard InChI is InChI=1S/C10H5ClF3NO4/c11-3-8(17)9-5(4-16)1-6(10(12,13)14)2-7(9)15(18)19/h1-2,4H,3H2. The van der Waals surface area contributed by atoms with Crippen LogP contribution in [0.1, 0.15) is 26.3 Å². The summed E-state index contributed by atoms with van der Waals surface area (Å²) in [4.78, 5) is 31.7. The van der Waals surface area contributed by atoms with Crippen molar-refractivity contribution in [1.29, 1.82) is 0 Å². The highest BCUT2D eigenvalue weighted by molar-refractivity contribution is 6.31. The largest absolute Gasteiger partial charge is 0.416 e. The lowest BCUT2D eigenvalue weighted by atomic mass is 9.99. The van der Waals surface area contributed by atoms with E-state index in [1.165, 1.54) is 0 Å². The minimum absolute atomic E-state index is 0.0535. The van der Waals surface area contributed by atoms with E-state index >= 15 is 0 Å². The maximum atomic E-state index is 12.5. The molecule has 1 rings (SSSR count). The zero-order valence-electron chi connectivity index (χ0n) is 9.03. The fourth-order valence-corrected chi connectivity index (χ4v) is 1.55. The lowest BCUT2D eigenvalue weighted by Gasteiger charge is -2.10. The molecular weight excluding hydrogens is 291 g/mol. The van der Waals surface area contributed by atoms with E-state index in [4.69, 9.17) is 11.6 Å². The lowest BCUT2D eigenvalue weighted by molar-refractivity contribution is -0.385. The van der Waals surface area contributed by atoms with Gasteiger partial charge in [0.05, 0.1) is 16.4 Å². The normalized spacial score (nSPS) is 11.2. The number of nitro benzene ring substituents is 1. The van der Waals surface area contributed by atoms with Crippen LogP contribution in [0.4, 0.5) is 18.9 Å². The molecule has 0 aliphatic heterocycles. The molecule has 9 heteroatoms. The Morgan fingerprint density at radius 1 is 1.42 bits per heavy atom. The number of carbonyl (C=O) groups excluding carboxylic acids is 2. The topological polar surface area (TPSA) is 77.3 Å². The molecule has 0 saturated heterocycles. The second-order valence-electron chi connectivity index (χ2n) is 3.39. The first kappa shape index (κ1) is 15.1. The fraction of sp³-hybridized carbons (Fsp3) is 0.200. The summed E-state index contributed by atoms with van der Waals surface area (Å²) in [5.74, 6) is -1.68. The average Bonchev–Trinajstić information content (AvgIpc) is 2.34. The van der Waals surface area contributed by atoms with E-state index in [0.29, 0.717) is 6.07 Å². The number of benzene rings is 1. The van der Waals surface area contributed by atoms with E-state index in [-0.39, 0.29) is 12.4 Å². The first-order valence-corrected chi connectivity index (χ1v) is 5.19. The van der Waals surface area contributed by atoms with Crippen molar-refractivity contribution in [2.75, 3.05) is 5.88 Å². The SMILES string of the molecule is O=Cc1cc(C(F)(F)F)cc([N+](=O)[O-])c1C(=O)CCl. The minimum Gasteiger partial charge on any atom is -0.298 e. The molecule has 0 N–H and O–H groups in total. The van der Waals surface area contributed by atoms with Crippen molar-refractivity contribution >= 4 is 29.4 Å². The number of nitrogens with zero attached hydrogens (tertiary/aromatic N) is 1. The van der Waals surface area contributed by atoms with Crippen molar-refractivity contribution < 1.29 is 27.7 Å². The van der Waals surface area contributed by atoms with E-state index in [2.05, 4.69) is 0 Å². The molecule has 0 heterocycles. The van der Waals surface area contributed by atoms with Crippen molar-refractivity contribution in [3.63, 3.8) is 0 Å². The maximum Gasteiger partial charge on any atom is 0.416 e. The Morgan fingerprint density at radius 2 is 2.00 bits per heavy atom. The molecule has 0 aliphatic carbocycles. The van der Waals surface area contributed by atoms with Gasteiger partial charge >= 0.3 is 6.18 Å². The van der Waals surface area contributed by atoms with E-state index in [1.54, 1.807) is 0 Å². The number of Topliss-reactive ketones (excluding diaryl/α,β-unsaturated/α-hetero) is 1. The fourth-order valence-electron chi connectivity index (χ4n) is 1.42. The minimum atomic E-state index is -4.87. The second kappa shape index (κ2) is 5.35.